The average molecular weight is 250 g/mol. The van der Waals surface area contributed by atoms with Crippen LogP contribution in [0.2, 0.25) is 0 Å². The first kappa shape index (κ1) is 13.2. The molecule has 1 heterocycles. The Hall–Kier alpha value is -1.19. The van der Waals surface area contributed by atoms with Gasteiger partial charge in [-0.25, -0.2) is 4.68 Å². The van der Waals surface area contributed by atoms with Gasteiger partial charge >= 0.3 is 0 Å². The lowest BCUT2D eigenvalue weighted by Gasteiger charge is -2.29. The maximum absolute atomic E-state index is 6.11. The first-order valence-electron chi connectivity index (χ1n) is 7.23. The smallest absolute Gasteiger partial charge is 0.148 e. The molecule has 0 aliphatic heterocycles. The lowest BCUT2D eigenvalue weighted by Crippen LogP contribution is -2.29. The topological polar surface area (TPSA) is 55.9 Å². The van der Waals surface area contributed by atoms with Gasteiger partial charge in [0.25, 0.3) is 0 Å². The molecule has 1 aliphatic carbocycles. The van der Waals surface area contributed by atoms with Crippen LogP contribution in [0.1, 0.15) is 51.6 Å². The highest BCUT2D eigenvalue weighted by atomic mass is 15.3. The molecular formula is C14H26N4. The van der Waals surface area contributed by atoms with Crippen LogP contribution in [0.25, 0.3) is 0 Å². The Kier molecular flexibility index (Phi) is 4.15. The van der Waals surface area contributed by atoms with Crippen molar-refractivity contribution in [3.05, 3.63) is 5.69 Å². The van der Waals surface area contributed by atoms with Gasteiger partial charge in [0.15, 0.2) is 0 Å². The van der Waals surface area contributed by atoms with Crippen LogP contribution in [0.3, 0.4) is 0 Å². The molecular weight excluding hydrogens is 224 g/mol. The van der Waals surface area contributed by atoms with E-state index in [0.717, 1.165) is 29.7 Å². The van der Waals surface area contributed by atoms with Gasteiger partial charge in [0.05, 0.1) is 11.4 Å². The van der Waals surface area contributed by atoms with E-state index in [1.165, 1.54) is 32.1 Å². The zero-order valence-corrected chi connectivity index (χ0v) is 11.9. The van der Waals surface area contributed by atoms with Crippen LogP contribution in [-0.2, 0) is 6.54 Å². The second kappa shape index (κ2) is 5.63. The number of rotatable bonds is 4. The van der Waals surface area contributed by atoms with Crippen molar-refractivity contribution >= 4 is 11.5 Å². The fraction of sp³-hybridized carbons (Fsp3) is 0.786. The molecule has 1 saturated carbocycles. The van der Waals surface area contributed by atoms with Gasteiger partial charge < -0.3 is 11.1 Å². The quantitative estimate of drug-likeness (QED) is 0.863. The third kappa shape index (κ3) is 2.62. The van der Waals surface area contributed by atoms with Gasteiger partial charge in [-0.2, -0.15) is 5.10 Å². The number of aromatic nitrogens is 2. The van der Waals surface area contributed by atoms with Crippen LogP contribution in [0.15, 0.2) is 0 Å². The van der Waals surface area contributed by atoms with Crippen LogP contribution in [-0.4, -0.2) is 15.8 Å². The van der Waals surface area contributed by atoms with Gasteiger partial charge in [-0.05, 0) is 39.5 Å². The van der Waals surface area contributed by atoms with Gasteiger partial charge in [0.1, 0.15) is 5.82 Å². The summed E-state index contributed by atoms with van der Waals surface area (Å²) in [4.78, 5) is 0. The maximum atomic E-state index is 6.11. The monoisotopic (exact) mass is 250 g/mol. The molecule has 2 rings (SSSR count). The largest absolute Gasteiger partial charge is 0.394 e. The van der Waals surface area contributed by atoms with Crippen molar-refractivity contribution < 1.29 is 0 Å². The van der Waals surface area contributed by atoms with E-state index in [9.17, 15) is 0 Å². The van der Waals surface area contributed by atoms with Gasteiger partial charge in [-0.3, -0.25) is 0 Å². The number of anilines is 2. The summed E-state index contributed by atoms with van der Waals surface area (Å²) in [7, 11) is 0. The summed E-state index contributed by atoms with van der Waals surface area (Å²) in [5, 5.41) is 8.05. The average Bonchev–Trinajstić information content (AvgIpc) is 2.67. The van der Waals surface area contributed by atoms with Crippen molar-refractivity contribution in [3.63, 3.8) is 0 Å². The molecule has 0 radical (unpaired) electrons. The Balaban J connectivity index is 2.08. The Morgan fingerprint density at radius 3 is 2.67 bits per heavy atom. The van der Waals surface area contributed by atoms with E-state index in [1.54, 1.807) is 0 Å². The molecule has 1 aliphatic rings. The Bertz CT molecular complexity index is 391. The molecule has 0 amide bonds. The fourth-order valence-electron chi connectivity index (χ4n) is 2.94. The van der Waals surface area contributed by atoms with Crippen molar-refractivity contribution in [2.75, 3.05) is 11.1 Å². The van der Waals surface area contributed by atoms with Crippen LogP contribution >= 0.6 is 0 Å². The Morgan fingerprint density at radius 1 is 1.39 bits per heavy atom. The first-order chi connectivity index (χ1) is 8.63. The summed E-state index contributed by atoms with van der Waals surface area (Å²) < 4.78 is 1.98. The molecule has 1 unspecified atom stereocenters. The van der Waals surface area contributed by atoms with Crippen LogP contribution in [0.4, 0.5) is 11.5 Å². The Morgan fingerprint density at radius 2 is 2.06 bits per heavy atom. The molecule has 0 saturated heterocycles. The van der Waals surface area contributed by atoms with Crippen molar-refractivity contribution in [2.45, 2.75) is 65.5 Å². The molecule has 18 heavy (non-hydrogen) atoms. The molecule has 0 aromatic carbocycles. The molecule has 4 nitrogen and oxygen atoms in total. The number of aryl methyl sites for hydroxylation is 2. The summed E-state index contributed by atoms with van der Waals surface area (Å²) in [6, 6.07) is 0.481. The molecule has 4 heteroatoms. The second-order valence-electron chi connectivity index (χ2n) is 5.49. The minimum absolute atomic E-state index is 0.481. The van der Waals surface area contributed by atoms with Crippen molar-refractivity contribution in [3.8, 4) is 0 Å². The number of hydrogen-bond donors (Lipinski definition) is 2. The van der Waals surface area contributed by atoms with E-state index >= 15 is 0 Å². The summed E-state index contributed by atoms with van der Waals surface area (Å²) in [6.07, 6.45) is 6.83. The second-order valence-corrected chi connectivity index (χ2v) is 5.49. The van der Waals surface area contributed by atoms with Crippen LogP contribution in [0, 0.1) is 12.8 Å². The molecule has 0 bridgehead atoms. The maximum Gasteiger partial charge on any atom is 0.148 e. The number of hydrogen-bond acceptors (Lipinski definition) is 3. The van der Waals surface area contributed by atoms with Gasteiger partial charge in [-0.1, -0.05) is 19.3 Å². The summed E-state index contributed by atoms with van der Waals surface area (Å²) in [5.74, 6) is 1.78. The molecule has 0 spiro atoms. The zero-order chi connectivity index (χ0) is 13.1. The number of nitrogens with two attached hydrogens (primary N) is 1. The van der Waals surface area contributed by atoms with E-state index in [2.05, 4.69) is 24.3 Å². The summed E-state index contributed by atoms with van der Waals surface area (Å²) >= 11 is 0. The lowest BCUT2D eigenvalue weighted by molar-refractivity contribution is 0.327. The van der Waals surface area contributed by atoms with Crippen molar-refractivity contribution in [1.29, 1.82) is 0 Å². The highest BCUT2D eigenvalue weighted by Gasteiger charge is 2.22. The van der Waals surface area contributed by atoms with E-state index in [-0.39, 0.29) is 0 Å². The highest BCUT2D eigenvalue weighted by Crippen LogP contribution is 2.30. The first-order valence-corrected chi connectivity index (χ1v) is 7.23. The molecule has 102 valence electrons. The van der Waals surface area contributed by atoms with Crippen LogP contribution in [0.5, 0.6) is 0 Å². The van der Waals surface area contributed by atoms with Gasteiger partial charge in [0.2, 0.25) is 0 Å². The standard InChI is InChI=1S/C14H26N4/c1-4-18-14(13(15)11(3)17-18)16-10(2)12-8-6-5-7-9-12/h10,12,16H,4-9,15H2,1-3H3. The van der Waals surface area contributed by atoms with Gasteiger partial charge in [-0.15, -0.1) is 0 Å². The molecule has 3 N–H and O–H groups in total. The lowest BCUT2D eigenvalue weighted by atomic mass is 9.84. The van der Waals surface area contributed by atoms with E-state index in [1.807, 2.05) is 11.6 Å². The third-order valence-electron chi connectivity index (χ3n) is 4.19. The van der Waals surface area contributed by atoms with E-state index in [4.69, 9.17) is 5.73 Å². The minimum atomic E-state index is 0.481. The summed E-state index contributed by atoms with van der Waals surface area (Å²) in [5.41, 5.74) is 7.84. The molecule has 1 atom stereocenters. The number of nitrogens with one attached hydrogen (secondary N) is 1. The predicted molar refractivity (Wildman–Crippen MR) is 76.7 cm³/mol. The van der Waals surface area contributed by atoms with E-state index in [0.29, 0.717) is 6.04 Å². The predicted octanol–water partition coefficient (Wildman–Crippen LogP) is 3.17. The van der Waals surface area contributed by atoms with Crippen molar-refractivity contribution in [2.24, 2.45) is 5.92 Å². The normalized spacial score (nSPS) is 18.8. The number of nitrogens with zero attached hydrogens (tertiary/aromatic N) is 2. The minimum Gasteiger partial charge on any atom is -0.394 e. The molecule has 1 aromatic heterocycles. The molecule has 1 fully saturated rings. The highest BCUT2D eigenvalue weighted by molar-refractivity contribution is 5.65. The summed E-state index contributed by atoms with van der Waals surface area (Å²) in [6.45, 7) is 7.20. The van der Waals surface area contributed by atoms with E-state index < -0.39 is 0 Å². The van der Waals surface area contributed by atoms with Gasteiger partial charge in [0, 0.05) is 12.6 Å². The van der Waals surface area contributed by atoms with Crippen LogP contribution < -0.4 is 11.1 Å². The fourth-order valence-corrected chi connectivity index (χ4v) is 2.94. The van der Waals surface area contributed by atoms with Crippen molar-refractivity contribution in [1.82, 2.24) is 9.78 Å². The zero-order valence-electron chi connectivity index (χ0n) is 11.9. The Labute approximate surface area is 110 Å². The SMILES string of the molecule is CCn1nc(C)c(N)c1NC(C)C1CCCCC1. The molecule has 1 aromatic rings. The third-order valence-corrected chi connectivity index (χ3v) is 4.19. The number of nitrogen functional groups attached to an aromatic ring is 1.